The quantitative estimate of drug-likeness (QED) is 0.604. The molecule has 0 amide bonds. The van der Waals surface area contributed by atoms with Crippen molar-refractivity contribution >= 4 is 11.4 Å². The van der Waals surface area contributed by atoms with E-state index in [1.807, 2.05) is 30.3 Å². The molecular formula is C19H22N4O3. The van der Waals surface area contributed by atoms with Gasteiger partial charge in [-0.25, -0.2) is 0 Å². The van der Waals surface area contributed by atoms with Gasteiger partial charge < -0.3 is 9.84 Å². The number of hydrogen-bond acceptors (Lipinski definition) is 6. The van der Waals surface area contributed by atoms with E-state index in [4.69, 9.17) is 4.74 Å². The van der Waals surface area contributed by atoms with Gasteiger partial charge in [-0.3, -0.25) is 9.36 Å². The van der Waals surface area contributed by atoms with Gasteiger partial charge in [0.25, 0.3) is 5.56 Å². The van der Waals surface area contributed by atoms with Gasteiger partial charge in [0.15, 0.2) is 5.69 Å². The number of benzene rings is 1. The predicted molar refractivity (Wildman–Crippen MR) is 98.3 cm³/mol. The maximum absolute atomic E-state index is 12.7. The van der Waals surface area contributed by atoms with Crippen LogP contribution in [0.4, 0.5) is 11.4 Å². The molecule has 2 aromatic rings. The van der Waals surface area contributed by atoms with Gasteiger partial charge >= 0.3 is 0 Å². The molecule has 0 unspecified atom stereocenters. The summed E-state index contributed by atoms with van der Waals surface area (Å²) in [6, 6.07) is 9.46. The summed E-state index contributed by atoms with van der Waals surface area (Å²) in [6.45, 7) is 4.29. The first-order valence-corrected chi connectivity index (χ1v) is 8.39. The Bertz CT molecular complexity index is 893. The smallest absolute Gasteiger partial charge is 0.281 e. The Kier molecular flexibility index (Phi) is 6.64. The Morgan fingerprint density at radius 2 is 1.96 bits per heavy atom. The summed E-state index contributed by atoms with van der Waals surface area (Å²) in [6.07, 6.45) is 1.44. The second-order valence-electron chi connectivity index (χ2n) is 5.81. The van der Waals surface area contributed by atoms with Crippen LogP contribution in [0, 0.1) is 18.3 Å². The zero-order chi connectivity index (χ0) is 19.1. The highest BCUT2D eigenvalue weighted by Crippen LogP contribution is 2.27. The molecule has 0 saturated heterocycles. The average Bonchev–Trinajstić information content (AvgIpc) is 2.65. The molecule has 0 bridgehead atoms. The van der Waals surface area contributed by atoms with E-state index in [1.165, 1.54) is 5.56 Å². The molecule has 1 N–H and O–H groups in total. The average molecular weight is 354 g/mol. The van der Waals surface area contributed by atoms with Gasteiger partial charge in [0.05, 0.1) is 5.69 Å². The number of hydrogen-bond donors (Lipinski definition) is 1. The number of azo groups is 1. The van der Waals surface area contributed by atoms with Crippen molar-refractivity contribution in [2.75, 3.05) is 13.7 Å². The normalized spacial score (nSPS) is 11.0. The summed E-state index contributed by atoms with van der Waals surface area (Å²) in [5.41, 5.74) is 1.69. The summed E-state index contributed by atoms with van der Waals surface area (Å²) >= 11 is 0. The lowest BCUT2D eigenvalue weighted by Crippen LogP contribution is -2.22. The summed E-state index contributed by atoms with van der Waals surface area (Å²) < 4.78 is 6.11. The number of nitriles is 1. The van der Waals surface area contributed by atoms with Crippen LogP contribution >= 0.6 is 0 Å². The van der Waals surface area contributed by atoms with E-state index in [-0.39, 0.29) is 23.7 Å². The van der Waals surface area contributed by atoms with Gasteiger partial charge in [-0.15, -0.1) is 5.11 Å². The second kappa shape index (κ2) is 8.92. The van der Waals surface area contributed by atoms with Crippen LogP contribution in [-0.2, 0) is 17.7 Å². The molecule has 2 rings (SSSR count). The van der Waals surface area contributed by atoms with E-state index >= 15 is 0 Å². The fourth-order valence-corrected chi connectivity index (χ4v) is 2.54. The number of aryl methyl sites for hydroxylation is 1. The maximum Gasteiger partial charge on any atom is 0.281 e. The van der Waals surface area contributed by atoms with Crippen LogP contribution in [0.1, 0.15) is 30.0 Å². The lowest BCUT2D eigenvalue weighted by molar-refractivity contribution is 0.188. The van der Waals surface area contributed by atoms with Crippen LogP contribution in [0.2, 0.25) is 0 Å². The van der Waals surface area contributed by atoms with Gasteiger partial charge in [-0.05, 0) is 37.5 Å². The molecule has 136 valence electrons. The minimum atomic E-state index is -0.482. The van der Waals surface area contributed by atoms with Crippen LogP contribution in [0.3, 0.4) is 0 Å². The molecular weight excluding hydrogens is 332 g/mol. The zero-order valence-corrected chi connectivity index (χ0v) is 15.2. The molecule has 0 atom stereocenters. The molecule has 1 aromatic heterocycles. The Hall–Kier alpha value is -2.98. The highest BCUT2D eigenvalue weighted by Gasteiger charge is 2.18. The van der Waals surface area contributed by atoms with E-state index in [0.717, 1.165) is 11.0 Å². The first-order valence-electron chi connectivity index (χ1n) is 8.39. The van der Waals surface area contributed by atoms with Crippen LogP contribution in [-0.4, -0.2) is 23.4 Å². The molecule has 0 spiro atoms. The molecule has 0 radical (unpaired) electrons. The van der Waals surface area contributed by atoms with Crippen LogP contribution in [0.5, 0.6) is 5.88 Å². The van der Waals surface area contributed by atoms with Crippen molar-refractivity contribution in [3.8, 4) is 11.9 Å². The first-order chi connectivity index (χ1) is 12.5. The number of rotatable bonds is 7. The number of pyridine rings is 1. The van der Waals surface area contributed by atoms with Gasteiger partial charge in [-0.2, -0.15) is 10.4 Å². The summed E-state index contributed by atoms with van der Waals surface area (Å²) in [5, 5.41) is 27.8. The van der Waals surface area contributed by atoms with Crippen molar-refractivity contribution in [2.45, 2.75) is 33.2 Å². The van der Waals surface area contributed by atoms with Crippen LogP contribution in [0.15, 0.2) is 39.3 Å². The Morgan fingerprint density at radius 3 is 2.54 bits per heavy atom. The first kappa shape index (κ1) is 19.3. The molecule has 0 aliphatic rings. The van der Waals surface area contributed by atoms with E-state index in [1.54, 1.807) is 14.0 Å². The molecule has 0 fully saturated rings. The standard InChI is InChI=1S/C19H22N4O3/c1-4-14-6-8-15(9-7-14)21-22-17-13(2)16(12-20)18(24)23(19(17)25)10-5-11-26-3/h6-9,24H,4-5,10-11H2,1-3H3. The van der Waals surface area contributed by atoms with Crippen LogP contribution in [0.25, 0.3) is 0 Å². The molecule has 0 saturated carbocycles. The van der Waals surface area contributed by atoms with Crippen molar-refractivity contribution in [2.24, 2.45) is 10.2 Å². The van der Waals surface area contributed by atoms with Gasteiger partial charge in [-0.1, -0.05) is 19.1 Å². The topological polar surface area (TPSA) is 100.0 Å². The van der Waals surface area contributed by atoms with E-state index in [2.05, 4.69) is 17.2 Å². The molecule has 0 aliphatic heterocycles. The number of ether oxygens (including phenoxy) is 1. The fourth-order valence-electron chi connectivity index (χ4n) is 2.54. The van der Waals surface area contributed by atoms with Gasteiger partial charge in [0, 0.05) is 25.8 Å². The number of aromatic hydroxyl groups is 1. The lowest BCUT2D eigenvalue weighted by atomic mass is 10.1. The Morgan fingerprint density at radius 1 is 1.27 bits per heavy atom. The Labute approximate surface area is 152 Å². The van der Waals surface area contributed by atoms with Crippen molar-refractivity contribution in [1.29, 1.82) is 5.26 Å². The number of aromatic nitrogens is 1. The molecule has 1 aromatic carbocycles. The summed E-state index contributed by atoms with van der Waals surface area (Å²) in [5.74, 6) is -0.350. The third-order valence-electron chi connectivity index (χ3n) is 4.11. The van der Waals surface area contributed by atoms with Gasteiger partial charge in [0.1, 0.15) is 11.6 Å². The molecule has 1 heterocycles. The summed E-state index contributed by atoms with van der Waals surface area (Å²) in [7, 11) is 1.56. The highest BCUT2D eigenvalue weighted by molar-refractivity contribution is 5.56. The van der Waals surface area contributed by atoms with Crippen molar-refractivity contribution in [3.63, 3.8) is 0 Å². The third kappa shape index (κ3) is 4.16. The second-order valence-corrected chi connectivity index (χ2v) is 5.81. The van der Waals surface area contributed by atoms with Crippen LogP contribution < -0.4 is 5.56 Å². The molecule has 7 heteroatoms. The summed E-state index contributed by atoms with van der Waals surface area (Å²) in [4.78, 5) is 12.7. The van der Waals surface area contributed by atoms with Crippen molar-refractivity contribution < 1.29 is 9.84 Å². The fraction of sp³-hybridized carbons (Fsp3) is 0.368. The molecule has 0 aliphatic carbocycles. The van der Waals surface area contributed by atoms with Gasteiger partial charge in [0.2, 0.25) is 5.88 Å². The van der Waals surface area contributed by atoms with Crippen molar-refractivity contribution in [1.82, 2.24) is 4.57 Å². The highest BCUT2D eigenvalue weighted by atomic mass is 16.5. The minimum Gasteiger partial charge on any atom is -0.493 e. The minimum absolute atomic E-state index is 0.0253. The molecule has 26 heavy (non-hydrogen) atoms. The maximum atomic E-state index is 12.7. The largest absolute Gasteiger partial charge is 0.493 e. The molecule has 7 nitrogen and oxygen atoms in total. The van der Waals surface area contributed by atoms with E-state index in [9.17, 15) is 15.2 Å². The predicted octanol–water partition coefficient (Wildman–Crippen LogP) is 3.75. The number of methoxy groups -OCH3 is 1. The number of nitrogens with zero attached hydrogens (tertiary/aromatic N) is 4. The van der Waals surface area contributed by atoms with Crippen molar-refractivity contribution in [3.05, 3.63) is 51.3 Å². The zero-order valence-electron chi connectivity index (χ0n) is 15.2. The monoisotopic (exact) mass is 354 g/mol. The third-order valence-corrected chi connectivity index (χ3v) is 4.11. The Balaban J connectivity index is 2.46. The lowest BCUT2D eigenvalue weighted by Gasteiger charge is -2.12. The van der Waals surface area contributed by atoms with E-state index in [0.29, 0.717) is 24.3 Å². The van der Waals surface area contributed by atoms with E-state index < -0.39 is 5.56 Å². The SMILES string of the molecule is CCc1ccc(N=Nc2c(C)c(C#N)c(O)n(CCCOC)c2=O)cc1.